The van der Waals surface area contributed by atoms with E-state index < -0.39 is 6.04 Å². The molecule has 0 bridgehead atoms. The maximum Gasteiger partial charge on any atom is 0.241 e. The van der Waals surface area contributed by atoms with Gasteiger partial charge in [-0.2, -0.15) is 0 Å². The van der Waals surface area contributed by atoms with Crippen LogP contribution in [0.1, 0.15) is 20.3 Å². The molecule has 2 rings (SSSR count). The highest BCUT2D eigenvalue weighted by Gasteiger charge is 2.17. The van der Waals surface area contributed by atoms with Gasteiger partial charge in [-0.15, -0.1) is 0 Å². The Balaban J connectivity index is 2.01. The van der Waals surface area contributed by atoms with E-state index in [1.54, 1.807) is 18.2 Å². The first-order valence-corrected chi connectivity index (χ1v) is 6.52. The molecule has 0 fully saturated rings. The van der Waals surface area contributed by atoms with Crippen LogP contribution in [-0.4, -0.2) is 25.2 Å². The average molecular weight is 264 g/mol. The topological polar surface area (TPSA) is 73.6 Å². The molecule has 0 saturated carbocycles. The van der Waals surface area contributed by atoms with E-state index >= 15 is 0 Å². The van der Waals surface area contributed by atoms with E-state index in [0.717, 1.165) is 0 Å². The number of carbonyl (C=O) groups excluding carboxylic acids is 1. The molecule has 1 aromatic carbocycles. The van der Waals surface area contributed by atoms with Gasteiger partial charge in [0.15, 0.2) is 11.5 Å². The molecule has 0 radical (unpaired) electrons. The molecule has 1 aromatic rings. The van der Waals surface area contributed by atoms with E-state index in [-0.39, 0.29) is 5.91 Å². The summed E-state index contributed by atoms with van der Waals surface area (Å²) in [6, 6.07) is 4.84. The van der Waals surface area contributed by atoms with Crippen molar-refractivity contribution in [3.05, 3.63) is 18.2 Å². The minimum atomic E-state index is -0.492. The Morgan fingerprint density at radius 2 is 2.00 bits per heavy atom. The summed E-state index contributed by atoms with van der Waals surface area (Å²) in [5.74, 6) is 1.57. The van der Waals surface area contributed by atoms with Crippen LogP contribution >= 0.6 is 0 Å². The second-order valence-electron chi connectivity index (χ2n) is 5.08. The zero-order valence-electron chi connectivity index (χ0n) is 11.3. The SMILES string of the molecule is CC(C)C[C@H](N)C(=O)Nc1ccc2c(c1)OCCO2. The second-order valence-corrected chi connectivity index (χ2v) is 5.08. The molecule has 1 aliphatic rings. The normalized spacial score (nSPS) is 15.2. The van der Waals surface area contributed by atoms with Crippen molar-refractivity contribution in [1.29, 1.82) is 0 Å². The van der Waals surface area contributed by atoms with Gasteiger partial charge in [-0.3, -0.25) is 4.79 Å². The number of hydrogen-bond donors (Lipinski definition) is 2. The Kier molecular flexibility index (Phi) is 4.27. The van der Waals surface area contributed by atoms with Crippen molar-refractivity contribution < 1.29 is 14.3 Å². The number of ether oxygens (including phenoxy) is 2. The zero-order valence-corrected chi connectivity index (χ0v) is 11.3. The van der Waals surface area contributed by atoms with Gasteiger partial charge < -0.3 is 20.5 Å². The molecule has 1 aliphatic heterocycles. The lowest BCUT2D eigenvalue weighted by atomic mass is 10.0. The van der Waals surface area contributed by atoms with Crippen molar-refractivity contribution in [3.63, 3.8) is 0 Å². The minimum Gasteiger partial charge on any atom is -0.486 e. The number of fused-ring (bicyclic) bond motifs is 1. The third-order valence-electron chi connectivity index (χ3n) is 2.87. The Hall–Kier alpha value is -1.75. The van der Waals surface area contributed by atoms with E-state index in [1.165, 1.54) is 0 Å². The van der Waals surface area contributed by atoms with E-state index in [4.69, 9.17) is 15.2 Å². The molecule has 0 aromatic heterocycles. The summed E-state index contributed by atoms with van der Waals surface area (Å²) in [6.07, 6.45) is 0.663. The zero-order chi connectivity index (χ0) is 13.8. The maximum atomic E-state index is 11.9. The first kappa shape index (κ1) is 13.7. The van der Waals surface area contributed by atoms with Crippen LogP contribution in [-0.2, 0) is 4.79 Å². The van der Waals surface area contributed by atoms with E-state index in [0.29, 0.717) is 42.7 Å². The molecule has 5 nitrogen and oxygen atoms in total. The first-order valence-electron chi connectivity index (χ1n) is 6.52. The number of benzene rings is 1. The largest absolute Gasteiger partial charge is 0.486 e. The lowest BCUT2D eigenvalue weighted by Gasteiger charge is -2.19. The highest BCUT2D eigenvalue weighted by Crippen LogP contribution is 2.32. The summed E-state index contributed by atoms with van der Waals surface area (Å²) >= 11 is 0. The molecule has 0 saturated heterocycles. The molecule has 1 heterocycles. The number of amides is 1. The Labute approximate surface area is 113 Å². The second kappa shape index (κ2) is 5.93. The van der Waals surface area contributed by atoms with Crippen molar-refractivity contribution in [2.24, 2.45) is 11.7 Å². The molecule has 0 aliphatic carbocycles. The van der Waals surface area contributed by atoms with Crippen LogP contribution in [0.2, 0.25) is 0 Å². The quantitative estimate of drug-likeness (QED) is 0.869. The summed E-state index contributed by atoms with van der Waals surface area (Å²) in [6.45, 7) is 5.16. The van der Waals surface area contributed by atoms with Crippen molar-refractivity contribution in [1.82, 2.24) is 0 Å². The third-order valence-corrected chi connectivity index (χ3v) is 2.87. The Morgan fingerprint density at radius 3 is 2.68 bits per heavy atom. The van der Waals surface area contributed by atoms with Gasteiger partial charge in [0, 0.05) is 11.8 Å². The minimum absolute atomic E-state index is 0.176. The van der Waals surface area contributed by atoms with Gasteiger partial charge in [-0.1, -0.05) is 13.8 Å². The number of nitrogens with one attached hydrogen (secondary N) is 1. The number of carbonyl (C=O) groups is 1. The van der Waals surface area contributed by atoms with Crippen LogP contribution in [0, 0.1) is 5.92 Å². The summed E-state index contributed by atoms with van der Waals surface area (Å²) in [5.41, 5.74) is 6.51. The van der Waals surface area contributed by atoms with Crippen molar-refractivity contribution in [2.75, 3.05) is 18.5 Å². The van der Waals surface area contributed by atoms with Crippen molar-refractivity contribution >= 4 is 11.6 Å². The fourth-order valence-electron chi connectivity index (χ4n) is 1.97. The van der Waals surface area contributed by atoms with Gasteiger partial charge in [-0.25, -0.2) is 0 Å². The van der Waals surface area contributed by atoms with Crippen LogP contribution in [0.3, 0.4) is 0 Å². The average Bonchev–Trinajstić information content (AvgIpc) is 2.37. The molecule has 0 unspecified atom stereocenters. The summed E-state index contributed by atoms with van der Waals surface area (Å²) in [4.78, 5) is 11.9. The Bertz CT molecular complexity index is 460. The van der Waals surface area contributed by atoms with Gasteiger partial charge in [-0.05, 0) is 24.5 Å². The predicted molar refractivity (Wildman–Crippen MR) is 73.5 cm³/mol. The summed E-state index contributed by atoms with van der Waals surface area (Å²) in [7, 11) is 0. The molecule has 3 N–H and O–H groups in total. The lowest BCUT2D eigenvalue weighted by molar-refractivity contribution is -0.117. The molecule has 0 spiro atoms. The van der Waals surface area contributed by atoms with Gasteiger partial charge in [0.25, 0.3) is 0 Å². The summed E-state index contributed by atoms with van der Waals surface area (Å²) < 4.78 is 10.9. The van der Waals surface area contributed by atoms with Crippen LogP contribution in [0.15, 0.2) is 18.2 Å². The van der Waals surface area contributed by atoms with E-state index in [9.17, 15) is 4.79 Å². The lowest BCUT2D eigenvalue weighted by Crippen LogP contribution is -2.36. The fourth-order valence-corrected chi connectivity index (χ4v) is 1.97. The van der Waals surface area contributed by atoms with E-state index in [2.05, 4.69) is 5.32 Å². The molecular weight excluding hydrogens is 244 g/mol. The molecule has 1 atom stereocenters. The first-order chi connectivity index (χ1) is 9.06. The number of rotatable bonds is 4. The van der Waals surface area contributed by atoms with E-state index in [1.807, 2.05) is 13.8 Å². The fraction of sp³-hybridized carbons (Fsp3) is 0.500. The van der Waals surface area contributed by atoms with Crippen LogP contribution < -0.4 is 20.5 Å². The molecular formula is C14H20N2O3. The highest BCUT2D eigenvalue weighted by atomic mass is 16.6. The highest BCUT2D eigenvalue weighted by molar-refractivity contribution is 5.94. The van der Waals surface area contributed by atoms with Crippen molar-refractivity contribution in [3.8, 4) is 11.5 Å². The third kappa shape index (κ3) is 3.61. The number of anilines is 1. The van der Waals surface area contributed by atoms with Crippen LogP contribution in [0.5, 0.6) is 11.5 Å². The predicted octanol–water partition coefficient (Wildman–Crippen LogP) is 1.77. The number of nitrogens with two attached hydrogens (primary N) is 1. The van der Waals surface area contributed by atoms with Crippen molar-refractivity contribution in [2.45, 2.75) is 26.3 Å². The Morgan fingerprint density at radius 1 is 1.32 bits per heavy atom. The maximum absolute atomic E-state index is 11.9. The number of hydrogen-bond acceptors (Lipinski definition) is 4. The molecule has 5 heteroatoms. The van der Waals surface area contributed by atoms with Crippen LogP contribution in [0.25, 0.3) is 0 Å². The monoisotopic (exact) mass is 264 g/mol. The molecule has 19 heavy (non-hydrogen) atoms. The van der Waals surface area contributed by atoms with Gasteiger partial charge in [0.05, 0.1) is 6.04 Å². The van der Waals surface area contributed by atoms with Gasteiger partial charge >= 0.3 is 0 Å². The smallest absolute Gasteiger partial charge is 0.241 e. The summed E-state index contributed by atoms with van der Waals surface area (Å²) in [5, 5.41) is 2.80. The van der Waals surface area contributed by atoms with Gasteiger partial charge in [0.2, 0.25) is 5.91 Å². The molecule has 104 valence electrons. The standard InChI is InChI=1S/C14H20N2O3/c1-9(2)7-11(15)14(17)16-10-3-4-12-13(8-10)19-6-5-18-12/h3-4,8-9,11H,5-7,15H2,1-2H3,(H,16,17)/t11-/m0/s1. The van der Waals surface area contributed by atoms with Crippen LogP contribution in [0.4, 0.5) is 5.69 Å². The van der Waals surface area contributed by atoms with Gasteiger partial charge in [0.1, 0.15) is 13.2 Å². The molecule has 1 amide bonds.